The normalized spacial score (nSPS) is 17.5. The number of amides is 1. The van der Waals surface area contributed by atoms with E-state index in [1.54, 1.807) is 36.4 Å². The molecule has 2 heterocycles. The first-order chi connectivity index (χ1) is 13.7. The lowest BCUT2D eigenvalue weighted by Crippen LogP contribution is -2.43. The van der Waals surface area contributed by atoms with Crippen LogP contribution in [0, 0.1) is 13.8 Å². The fraction of sp³-hybridized carbons (Fsp3) is 0.182. The second kappa shape index (κ2) is 7.00. The number of sulfone groups is 1. The Bertz CT molecular complexity index is 1300. The molecule has 0 saturated carbocycles. The van der Waals surface area contributed by atoms with Gasteiger partial charge in [0.05, 0.1) is 11.8 Å². The third kappa shape index (κ3) is 3.73. The van der Waals surface area contributed by atoms with Crippen LogP contribution in [0.25, 0.3) is 11.0 Å². The number of rotatable bonds is 3. The number of anilines is 1. The molecule has 29 heavy (non-hydrogen) atoms. The minimum absolute atomic E-state index is 0.138. The predicted octanol–water partition coefficient (Wildman–Crippen LogP) is 3.37. The largest absolute Gasteiger partial charge is 0.422 e. The van der Waals surface area contributed by atoms with Gasteiger partial charge in [-0.25, -0.2) is 13.2 Å². The highest BCUT2D eigenvalue weighted by atomic mass is 32.2. The van der Waals surface area contributed by atoms with Gasteiger partial charge in [-0.2, -0.15) is 0 Å². The first kappa shape index (κ1) is 19.1. The van der Waals surface area contributed by atoms with Crippen LogP contribution in [0.3, 0.4) is 0 Å². The van der Waals surface area contributed by atoms with Crippen LogP contribution in [0.15, 0.2) is 69.2 Å². The van der Waals surface area contributed by atoms with E-state index in [9.17, 15) is 18.0 Å². The number of carbonyl (C=O) groups excluding carboxylic acids is 1. The molecule has 6 nitrogen and oxygen atoms in total. The van der Waals surface area contributed by atoms with Crippen LogP contribution in [-0.2, 0) is 9.84 Å². The van der Waals surface area contributed by atoms with Crippen LogP contribution in [0.4, 0.5) is 5.69 Å². The van der Waals surface area contributed by atoms with Crippen LogP contribution in [-0.4, -0.2) is 26.1 Å². The number of para-hydroxylation sites is 1. The maximum absolute atomic E-state index is 13.5. The molecule has 0 unspecified atom stereocenters. The first-order valence-corrected chi connectivity index (χ1v) is 10.8. The van der Waals surface area contributed by atoms with Gasteiger partial charge in [-0.3, -0.25) is 4.79 Å². The standard InChI is InChI=1S/C22H19NO5S/c1-14-9-15(2)11-18(10-14)23(17-7-8-29(26,27)13-17)21(24)19-12-16-5-3-4-6-20(16)28-22(19)25/h3-12,17H,13H2,1-2H3/t17-/m1/s1. The van der Waals surface area contributed by atoms with Crippen LogP contribution in [0.2, 0.25) is 0 Å². The number of fused-ring (bicyclic) bond motifs is 1. The van der Waals surface area contributed by atoms with Crippen molar-refractivity contribution < 1.29 is 17.6 Å². The third-order valence-corrected chi connectivity index (χ3v) is 6.20. The third-order valence-electron chi connectivity index (χ3n) is 4.82. The van der Waals surface area contributed by atoms with E-state index in [1.165, 1.54) is 17.0 Å². The summed E-state index contributed by atoms with van der Waals surface area (Å²) in [4.78, 5) is 27.4. The monoisotopic (exact) mass is 409 g/mol. The Morgan fingerprint density at radius 3 is 2.41 bits per heavy atom. The molecule has 1 amide bonds. The lowest BCUT2D eigenvalue weighted by Gasteiger charge is -2.28. The van der Waals surface area contributed by atoms with Gasteiger partial charge >= 0.3 is 5.63 Å². The number of benzene rings is 2. The summed E-state index contributed by atoms with van der Waals surface area (Å²) in [6, 6.07) is 13.3. The summed E-state index contributed by atoms with van der Waals surface area (Å²) in [5.74, 6) is -0.828. The summed E-state index contributed by atoms with van der Waals surface area (Å²) in [7, 11) is -3.41. The van der Waals surface area contributed by atoms with Crippen molar-refractivity contribution in [1.82, 2.24) is 0 Å². The Kier molecular flexibility index (Phi) is 4.62. The van der Waals surface area contributed by atoms with E-state index in [0.29, 0.717) is 16.7 Å². The zero-order chi connectivity index (χ0) is 20.8. The van der Waals surface area contributed by atoms with Crippen molar-refractivity contribution in [2.75, 3.05) is 10.7 Å². The highest BCUT2D eigenvalue weighted by Crippen LogP contribution is 2.27. The van der Waals surface area contributed by atoms with Gasteiger partial charge in [0.15, 0.2) is 9.84 Å². The number of aryl methyl sites for hydroxylation is 2. The molecule has 0 N–H and O–H groups in total. The van der Waals surface area contributed by atoms with Gasteiger partial charge < -0.3 is 9.32 Å². The summed E-state index contributed by atoms with van der Waals surface area (Å²) in [6.45, 7) is 3.79. The van der Waals surface area contributed by atoms with Crippen molar-refractivity contribution in [3.8, 4) is 0 Å². The summed E-state index contributed by atoms with van der Waals surface area (Å²) >= 11 is 0. The lowest BCUT2D eigenvalue weighted by molar-refractivity contribution is 0.0979. The van der Waals surface area contributed by atoms with Crippen LogP contribution >= 0.6 is 0 Å². The molecule has 0 aliphatic carbocycles. The molecular formula is C22H19NO5S. The molecule has 0 radical (unpaired) electrons. The van der Waals surface area contributed by atoms with E-state index < -0.39 is 27.4 Å². The molecule has 1 aliphatic rings. The Morgan fingerprint density at radius 1 is 1.07 bits per heavy atom. The quantitative estimate of drug-likeness (QED) is 0.619. The lowest BCUT2D eigenvalue weighted by atomic mass is 10.1. The number of carbonyl (C=O) groups is 1. The summed E-state index contributed by atoms with van der Waals surface area (Å²) in [5.41, 5.74) is 1.87. The van der Waals surface area contributed by atoms with Gasteiger partial charge in [-0.15, -0.1) is 0 Å². The average Bonchev–Trinajstić information content (AvgIpc) is 2.99. The maximum Gasteiger partial charge on any atom is 0.349 e. The molecule has 1 aromatic heterocycles. The second-order valence-corrected chi connectivity index (χ2v) is 9.16. The predicted molar refractivity (Wildman–Crippen MR) is 112 cm³/mol. The smallest absolute Gasteiger partial charge is 0.349 e. The van der Waals surface area contributed by atoms with Crippen molar-refractivity contribution in [2.45, 2.75) is 19.9 Å². The van der Waals surface area contributed by atoms with Gasteiger partial charge in [-0.1, -0.05) is 24.3 Å². The fourth-order valence-electron chi connectivity index (χ4n) is 3.61. The average molecular weight is 409 g/mol. The fourth-order valence-corrected chi connectivity index (χ4v) is 4.88. The minimum atomic E-state index is -3.41. The molecule has 4 rings (SSSR count). The summed E-state index contributed by atoms with van der Waals surface area (Å²) < 4.78 is 29.3. The zero-order valence-electron chi connectivity index (χ0n) is 16.0. The van der Waals surface area contributed by atoms with Crippen molar-refractivity contribution in [3.05, 3.63) is 87.1 Å². The molecule has 0 spiro atoms. The second-order valence-electron chi connectivity index (χ2n) is 7.23. The van der Waals surface area contributed by atoms with E-state index in [0.717, 1.165) is 16.5 Å². The molecule has 3 aromatic rings. The van der Waals surface area contributed by atoms with Crippen molar-refractivity contribution in [2.24, 2.45) is 0 Å². The Balaban J connectivity index is 1.87. The Morgan fingerprint density at radius 2 is 1.76 bits per heavy atom. The Labute approximate surface area is 168 Å². The Hall–Kier alpha value is -3.19. The van der Waals surface area contributed by atoms with Gasteiger partial charge in [-0.05, 0) is 55.3 Å². The molecular weight excluding hydrogens is 390 g/mol. The first-order valence-electron chi connectivity index (χ1n) is 9.09. The SMILES string of the molecule is Cc1cc(C)cc(N(C(=O)c2cc3ccccc3oc2=O)[C@@H]2C=CS(=O)(=O)C2)c1. The van der Waals surface area contributed by atoms with E-state index in [4.69, 9.17) is 4.42 Å². The highest BCUT2D eigenvalue weighted by molar-refractivity contribution is 7.94. The van der Waals surface area contributed by atoms with Gasteiger partial charge in [0.1, 0.15) is 11.1 Å². The van der Waals surface area contributed by atoms with Crippen LogP contribution < -0.4 is 10.5 Å². The molecule has 0 bridgehead atoms. The number of nitrogens with zero attached hydrogens (tertiary/aromatic N) is 1. The molecule has 148 valence electrons. The summed E-state index contributed by atoms with van der Waals surface area (Å²) in [5, 5.41) is 1.73. The van der Waals surface area contributed by atoms with Crippen LogP contribution in [0.1, 0.15) is 21.5 Å². The van der Waals surface area contributed by atoms with E-state index in [2.05, 4.69) is 0 Å². The number of hydrogen-bond acceptors (Lipinski definition) is 5. The van der Waals surface area contributed by atoms with E-state index in [1.807, 2.05) is 19.9 Å². The van der Waals surface area contributed by atoms with Gasteiger partial charge in [0.2, 0.25) is 0 Å². The molecule has 0 saturated heterocycles. The van der Waals surface area contributed by atoms with Crippen molar-refractivity contribution in [1.29, 1.82) is 0 Å². The van der Waals surface area contributed by atoms with E-state index in [-0.39, 0.29) is 11.3 Å². The molecule has 2 aromatic carbocycles. The molecule has 0 fully saturated rings. The molecule has 7 heteroatoms. The van der Waals surface area contributed by atoms with Gasteiger partial charge in [0, 0.05) is 16.5 Å². The zero-order valence-corrected chi connectivity index (χ0v) is 16.8. The number of hydrogen-bond donors (Lipinski definition) is 0. The highest BCUT2D eigenvalue weighted by Gasteiger charge is 2.33. The maximum atomic E-state index is 13.5. The van der Waals surface area contributed by atoms with Gasteiger partial charge in [0.25, 0.3) is 5.91 Å². The summed E-state index contributed by atoms with van der Waals surface area (Å²) in [6.07, 6.45) is 1.48. The van der Waals surface area contributed by atoms with E-state index >= 15 is 0 Å². The van der Waals surface area contributed by atoms with Crippen molar-refractivity contribution in [3.63, 3.8) is 0 Å². The topological polar surface area (TPSA) is 84.7 Å². The van der Waals surface area contributed by atoms with Crippen LogP contribution in [0.5, 0.6) is 0 Å². The minimum Gasteiger partial charge on any atom is -0.422 e. The molecule has 1 aliphatic heterocycles. The molecule has 1 atom stereocenters. The van der Waals surface area contributed by atoms with Crippen molar-refractivity contribution >= 4 is 32.4 Å².